The molecule has 2 rings (SSSR count). The van der Waals surface area contributed by atoms with Crippen molar-refractivity contribution in [2.24, 2.45) is 5.92 Å². The molecule has 0 bridgehead atoms. The van der Waals surface area contributed by atoms with Crippen LogP contribution in [0.1, 0.15) is 45.4 Å². The van der Waals surface area contributed by atoms with E-state index in [1.807, 2.05) is 6.92 Å². The van der Waals surface area contributed by atoms with Crippen molar-refractivity contribution in [2.45, 2.75) is 62.0 Å². The predicted molar refractivity (Wildman–Crippen MR) is 65.0 cm³/mol. The van der Waals surface area contributed by atoms with Gasteiger partial charge in [-0.2, -0.15) is 0 Å². The Balaban J connectivity index is 1.94. The number of rotatable bonds is 3. The van der Waals surface area contributed by atoms with E-state index in [0.717, 1.165) is 19.3 Å². The number of Topliss-reactive ketones (excluding diaryl/α,β-unsaturated/α-hetero) is 1. The standard InChI is InChI=1S/C12H18Cl2O2/c1-2-9-10(15)12(13,14)11(9)16-8-6-4-3-5-7-8/h8-9,11H,2-7H2,1H3/t9-,11+/m1/s1. The summed E-state index contributed by atoms with van der Waals surface area (Å²) in [5.74, 6) is -0.170. The molecule has 2 aliphatic carbocycles. The Hall–Kier alpha value is 0.210. The molecule has 4 heteroatoms. The zero-order valence-corrected chi connectivity index (χ0v) is 11.1. The molecule has 2 saturated carbocycles. The van der Waals surface area contributed by atoms with Crippen molar-refractivity contribution in [3.05, 3.63) is 0 Å². The molecule has 0 aromatic heterocycles. The molecule has 0 unspecified atom stereocenters. The van der Waals surface area contributed by atoms with Crippen LogP contribution in [0, 0.1) is 5.92 Å². The van der Waals surface area contributed by atoms with E-state index in [2.05, 4.69) is 0 Å². The molecule has 0 spiro atoms. The largest absolute Gasteiger partial charge is 0.371 e. The normalized spacial score (nSPS) is 34.8. The molecule has 92 valence electrons. The second-order valence-corrected chi connectivity index (χ2v) is 6.20. The number of ketones is 1. The van der Waals surface area contributed by atoms with Crippen molar-refractivity contribution in [1.29, 1.82) is 0 Å². The van der Waals surface area contributed by atoms with Gasteiger partial charge < -0.3 is 4.74 Å². The van der Waals surface area contributed by atoms with Crippen molar-refractivity contribution in [1.82, 2.24) is 0 Å². The SMILES string of the molecule is CC[C@@H]1C(=O)C(Cl)(Cl)[C@H]1OC1CCCCC1. The lowest BCUT2D eigenvalue weighted by molar-refractivity contribution is -0.156. The molecule has 0 heterocycles. The Morgan fingerprint density at radius 2 is 1.94 bits per heavy atom. The van der Waals surface area contributed by atoms with E-state index >= 15 is 0 Å². The Kier molecular flexibility index (Phi) is 3.82. The average molecular weight is 265 g/mol. The van der Waals surface area contributed by atoms with E-state index in [0.29, 0.717) is 0 Å². The summed E-state index contributed by atoms with van der Waals surface area (Å²) in [4.78, 5) is 11.6. The van der Waals surface area contributed by atoms with E-state index in [4.69, 9.17) is 27.9 Å². The van der Waals surface area contributed by atoms with Crippen LogP contribution in [0.25, 0.3) is 0 Å². The van der Waals surface area contributed by atoms with Crippen LogP contribution < -0.4 is 0 Å². The molecule has 2 fully saturated rings. The highest BCUT2D eigenvalue weighted by Gasteiger charge is 2.61. The number of ether oxygens (including phenoxy) is 1. The summed E-state index contributed by atoms with van der Waals surface area (Å²) in [5.41, 5.74) is 0. The summed E-state index contributed by atoms with van der Waals surface area (Å²) < 4.78 is 4.64. The van der Waals surface area contributed by atoms with Gasteiger partial charge in [0.25, 0.3) is 0 Å². The maximum atomic E-state index is 11.6. The fourth-order valence-corrected chi connectivity index (χ4v) is 3.36. The summed E-state index contributed by atoms with van der Waals surface area (Å²) in [6.07, 6.45) is 6.56. The molecule has 16 heavy (non-hydrogen) atoms. The highest BCUT2D eigenvalue weighted by atomic mass is 35.5. The van der Waals surface area contributed by atoms with Gasteiger partial charge in [-0.1, -0.05) is 49.4 Å². The topological polar surface area (TPSA) is 26.3 Å². The van der Waals surface area contributed by atoms with Crippen LogP contribution >= 0.6 is 23.2 Å². The van der Waals surface area contributed by atoms with Crippen molar-refractivity contribution >= 4 is 29.0 Å². The maximum absolute atomic E-state index is 11.6. The average Bonchev–Trinajstić information content (AvgIpc) is 2.30. The third-order valence-corrected chi connectivity index (χ3v) is 4.52. The van der Waals surface area contributed by atoms with Crippen LogP contribution in [-0.4, -0.2) is 22.3 Å². The lowest BCUT2D eigenvalue weighted by Gasteiger charge is -2.46. The minimum atomic E-state index is -1.29. The minimum Gasteiger partial charge on any atom is -0.371 e. The van der Waals surface area contributed by atoms with Gasteiger partial charge in [0.15, 0.2) is 5.78 Å². The molecule has 0 aromatic carbocycles. The number of alkyl halides is 2. The molecule has 0 radical (unpaired) electrons. The van der Waals surface area contributed by atoms with Crippen LogP contribution in [0.2, 0.25) is 0 Å². The fraction of sp³-hybridized carbons (Fsp3) is 0.917. The van der Waals surface area contributed by atoms with E-state index in [1.165, 1.54) is 19.3 Å². The van der Waals surface area contributed by atoms with E-state index in [1.54, 1.807) is 0 Å². The van der Waals surface area contributed by atoms with E-state index in [9.17, 15) is 4.79 Å². The highest BCUT2D eigenvalue weighted by molar-refractivity contribution is 6.61. The number of hydrogen-bond acceptors (Lipinski definition) is 2. The van der Waals surface area contributed by atoms with Gasteiger partial charge in [-0.25, -0.2) is 0 Å². The fourth-order valence-electron chi connectivity index (χ4n) is 2.67. The molecular formula is C12H18Cl2O2. The molecular weight excluding hydrogens is 247 g/mol. The smallest absolute Gasteiger partial charge is 0.202 e. The van der Waals surface area contributed by atoms with Crippen LogP contribution in [0.4, 0.5) is 0 Å². The second kappa shape index (κ2) is 4.83. The van der Waals surface area contributed by atoms with Gasteiger partial charge in [-0.3, -0.25) is 4.79 Å². The Morgan fingerprint density at radius 1 is 1.31 bits per heavy atom. The third-order valence-electron chi connectivity index (χ3n) is 3.72. The Morgan fingerprint density at radius 3 is 2.50 bits per heavy atom. The van der Waals surface area contributed by atoms with Gasteiger partial charge in [-0.05, 0) is 19.3 Å². The Bertz CT molecular complexity index is 272. The summed E-state index contributed by atoms with van der Waals surface area (Å²) in [6, 6.07) is 0. The molecule has 0 saturated heterocycles. The molecule has 0 aliphatic heterocycles. The van der Waals surface area contributed by atoms with Gasteiger partial charge in [0.05, 0.1) is 12.0 Å². The zero-order chi connectivity index (χ0) is 11.8. The van der Waals surface area contributed by atoms with Gasteiger partial charge in [0.2, 0.25) is 4.33 Å². The van der Waals surface area contributed by atoms with Crippen molar-refractivity contribution in [3.63, 3.8) is 0 Å². The van der Waals surface area contributed by atoms with Crippen LogP contribution in [0.3, 0.4) is 0 Å². The van der Waals surface area contributed by atoms with E-state index < -0.39 is 4.33 Å². The van der Waals surface area contributed by atoms with Crippen molar-refractivity contribution < 1.29 is 9.53 Å². The number of carbonyl (C=O) groups is 1. The summed E-state index contributed by atoms with van der Waals surface area (Å²) in [5, 5.41) is 0. The van der Waals surface area contributed by atoms with Gasteiger partial charge in [0, 0.05) is 0 Å². The van der Waals surface area contributed by atoms with Crippen LogP contribution in [0.5, 0.6) is 0 Å². The molecule has 0 amide bonds. The molecule has 2 nitrogen and oxygen atoms in total. The van der Waals surface area contributed by atoms with Crippen LogP contribution in [0.15, 0.2) is 0 Å². The van der Waals surface area contributed by atoms with Crippen LogP contribution in [-0.2, 0) is 9.53 Å². The second-order valence-electron chi connectivity index (χ2n) is 4.82. The molecule has 0 aromatic rings. The molecule has 2 atom stereocenters. The Labute approximate surface area is 107 Å². The summed E-state index contributed by atoms with van der Waals surface area (Å²) >= 11 is 12.0. The first-order chi connectivity index (χ1) is 7.57. The van der Waals surface area contributed by atoms with E-state index in [-0.39, 0.29) is 23.9 Å². The number of hydrogen-bond donors (Lipinski definition) is 0. The molecule has 2 aliphatic rings. The monoisotopic (exact) mass is 264 g/mol. The van der Waals surface area contributed by atoms with Crippen molar-refractivity contribution in [3.8, 4) is 0 Å². The quantitative estimate of drug-likeness (QED) is 0.730. The van der Waals surface area contributed by atoms with Crippen molar-refractivity contribution in [2.75, 3.05) is 0 Å². The first-order valence-corrected chi connectivity index (χ1v) is 6.90. The van der Waals surface area contributed by atoms with Gasteiger partial charge in [-0.15, -0.1) is 0 Å². The highest BCUT2D eigenvalue weighted by Crippen LogP contribution is 2.48. The minimum absolute atomic E-state index is 0.0702. The van der Waals surface area contributed by atoms with Gasteiger partial charge in [0.1, 0.15) is 6.10 Å². The first kappa shape index (κ1) is 12.7. The molecule has 0 N–H and O–H groups in total. The summed E-state index contributed by atoms with van der Waals surface area (Å²) in [6.45, 7) is 1.98. The number of carbonyl (C=O) groups excluding carboxylic acids is 1. The predicted octanol–water partition coefficient (Wildman–Crippen LogP) is 3.49. The first-order valence-electron chi connectivity index (χ1n) is 6.15. The summed E-state index contributed by atoms with van der Waals surface area (Å²) in [7, 11) is 0. The number of halogens is 2. The zero-order valence-electron chi connectivity index (χ0n) is 9.55. The lowest BCUT2D eigenvalue weighted by Crippen LogP contribution is -2.62. The maximum Gasteiger partial charge on any atom is 0.202 e. The lowest BCUT2D eigenvalue weighted by atomic mass is 9.77. The third kappa shape index (κ3) is 2.12. The van der Waals surface area contributed by atoms with Gasteiger partial charge >= 0.3 is 0 Å².